The van der Waals surface area contributed by atoms with E-state index < -0.39 is 0 Å². The molecule has 2 heterocycles. The number of nitrogens with one attached hydrogen (secondary N) is 1. The Kier molecular flexibility index (Phi) is 5.26. The second kappa shape index (κ2) is 7.39. The molecule has 1 N–H and O–H groups in total. The van der Waals surface area contributed by atoms with Gasteiger partial charge in [0.05, 0.1) is 0 Å². The Morgan fingerprint density at radius 1 is 1.03 bits per heavy atom. The summed E-state index contributed by atoms with van der Waals surface area (Å²) in [6.45, 7) is 11.7. The third kappa shape index (κ3) is 3.30. The zero-order chi connectivity index (χ0) is 21.6. The summed E-state index contributed by atoms with van der Waals surface area (Å²) in [5.74, 6) is 1.04. The van der Waals surface area contributed by atoms with Crippen LogP contribution in [0.5, 0.6) is 11.5 Å². The maximum atomic E-state index is 12.9. The highest BCUT2D eigenvalue weighted by Crippen LogP contribution is 2.37. The number of carbonyl (C=O) groups is 1. The molecule has 7 heteroatoms. The summed E-state index contributed by atoms with van der Waals surface area (Å²) in [7, 11) is 3.38. The van der Waals surface area contributed by atoms with Crippen molar-refractivity contribution in [1.29, 1.82) is 0 Å². The number of rotatable bonds is 4. The summed E-state index contributed by atoms with van der Waals surface area (Å²) in [5, 5.41) is 2.97. The Morgan fingerprint density at radius 3 is 2.31 bits per heavy atom. The van der Waals surface area contributed by atoms with Crippen LogP contribution in [0.25, 0.3) is 11.2 Å². The van der Waals surface area contributed by atoms with Crippen molar-refractivity contribution in [2.45, 2.75) is 47.6 Å². The number of fused-ring (bicyclic) bond motifs is 1. The fourth-order valence-electron chi connectivity index (χ4n) is 3.73. The minimum absolute atomic E-state index is 0.0333. The predicted octanol–water partition coefficient (Wildman–Crippen LogP) is 3.44. The van der Waals surface area contributed by atoms with E-state index in [0.717, 1.165) is 22.3 Å². The molecule has 0 bridgehead atoms. The van der Waals surface area contributed by atoms with Crippen molar-refractivity contribution >= 4 is 17.1 Å². The van der Waals surface area contributed by atoms with Crippen LogP contribution in [0.2, 0.25) is 0 Å². The summed E-state index contributed by atoms with van der Waals surface area (Å²) in [5.41, 5.74) is 5.31. The first kappa shape index (κ1) is 20.6. The number of imidazole rings is 1. The van der Waals surface area contributed by atoms with Crippen molar-refractivity contribution in [1.82, 2.24) is 19.4 Å². The second-order valence-electron chi connectivity index (χ2n) is 7.82. The van der Waals surface area contributed by atoms with E-state index in [1.54, 1.807) is 26.4 Å². The largest absolute Gasteiger partial charge is 0.454 e. The standard InChI is InChI=1S/C22H28N4O3/c1-11(2)24-21(27)17-13(4)12(3)14(5)19(15(17)6)29-16-9-10-23-20-18(16)25(7)22(28)26(20)8/h9-11H,1-8H3,(H,24,27). The third-order valence-electron chi connectivity index (χ3n) is 5.51. The van der Waals surface area contributed by atoms with Gasteiger partial charge in [0.25, 0.3) is 5.91 Å². The molecule has 3 rings (SSSR count). The third-order valence-corrected chi connectivity index (χ3v) is 5.51. The molecule has 29 heavy (non-hydrogen) atoms. The Labute approximate surface area is 170 Å². The van der Waals surface area contributed by atoms with Gasteiger partial charge in [0.15, 0.2) is 11.4 Å². The number of hydrogen-bond acceptors (Lipinski definition) is 4. The van der Waals surface area contributed by atoms with E-state index in [4.69, 9.17) is 4.74 Å². The van der Waals surface area contributed by atoms with Gasteiger partial charge >= 0.3 is 5.69 Å². The zero-order valence-electron chi connectivity index (χ0n) is 18.3. The second-order valence-corrected chi connectivity index (χ2v) is 7.82. The number of benzene rings is 1. The molecule has 0 saturated carbocycles. The maximum Gasteiger partial charge on any atom is 0.329 e. The molecule has 0 aliphatic carbocycles. The molecule has 7 nitrogen and oxygen atoms in total. The van der Waals surface area contributed by atoms with E-state index in [1.165, 1.54) is 9.13 Å². The SMILES string of the molecule is Cc1c(C)c(Oc2ccnc3c2n(C)c(=O)n3C)c(C)c(C(=O)NC(C)C)c1C. The highest BCUT2D eigenvalue weighted by molar-refractivity contribution is 5.98. The molecular weight excluding hydrogens is 368 g/mol. The molecule has 0 unspecified atom stereocenters. The molecule has 0 radical (unpaired) electrons. The van der Waals surface area contributed by atoms with Crippen LogP contribution in [0, 0.1) is 27.7 Å². The molecule has 0 spiro atoms. The van der Waals surface area contributed by atoms with Crippen molar-refractivity contribution in [3.63, 3.8) is 0 Å². The van der Waals surface area contributed by atoms with Gasteiger partial charge in [-0.1, -0.05) is 0 Å². The van der Waals surface area contributed by atoms with Crippen molar-refractivity contribution in [2.75, 3.05) is 0 Å². The van der Waals surface area contributed by atoms with Crippen molar-refractivity contribution in [3.05, 3.63) is 50.6 Å². The number of hydrogen-bond donors (Lipinski definition) is 1. The molecule has 0 aliphatic heterocycles. The molecular formula is C22H28N4O3. The van der Waals surface area contributed by atoms with E-state index >= 15 is 0 Å². The van der Waals surface area contributed by atoms with Crippen molar-refractivity contribution < 1.29 is 9.53 Å². The van der Waals surface area contributed by atoms with Gasteiger partial charge < -0.3 is 10.1 Å². The Balaban J connectivity index is 2.22. The fraction of sp³-hybridized carbons (Fsp3) is 0.409. The van der Waals surface area contributed by atoms with Gasteiger partial charge in [-0.05, 0) is 58.2 Å². The lowest BCUT2D eigenvalue weighted by atomic mass is 9.92. The zero-order valence-corrected chi connectivity index (χ0v) is 18.3. The van der Waals surface area contributed by atoms with Crippen LogP contribution < -0.4 is 15.7 Å². The quantitative estimate of drug-likeness (QED) is 0.733. The summed E-state index contributed by atoms with van der Waals surface area (Å²) in [6, 6.07) is 1.77. The minimum atomic E-state index is -0.172. The maximum absolute atomic E-state index is 12.9. The molecule has 1 amide bonds. The van der Waals surface area contributed by atoms with Crippen LogP contribution in [-0.4, -0.2) is 26.1 Å². The van der Waals surface area contributed by atoms with Gasteiger partial charge in [-0.25, -0.2) is 9.78 Å². The van der Waals surface area contributed by atoms with Gasteiger partial charge in [0.1, 0.15) is 11.3 Å². The van der Waals surface area contributed by atoms with Gasteiger partial charge in [-0.15, -0.1) is 0 Å². The smallest absolute Gasteiger partial charge is 0.329 e. The van der Waals surface area contributed by atoms with Gasteiger partial charge in [-0.3, -0.25) is 13.9 Å². The summed E-state index contributed by atoms with van der Waals surface area (Å²) in [6.07, 6.45) is 1.62. The number of nitrogens with zero attached hydrogens (tertiary/aromatic N) is 3. The average Bonchev–Trinajstić information content (AvgIpc) is 2.88. The van der Waals surface area contributed by atoms with E-state index in [-0.39, 0.29) is 17.6 Å². The normalized spacial score (nSPS) is 11.3. The first-order valence-electron chi connectivity index (χ1n) is 9.65. The van der Waals surface area contributed by atoms with E-state index in [9.17, 15) is 9.59 Å². The number of amides is 1. The summed E-state index contributed by atoms with van der Waals surface area (Å²) >= 11 is 0. The molecule has 3 aromatic rings. The van der Waals surface area contributed by atoms with Gasteiger partial charge in [0.2, 0.25) is 0 Å². The lowest BCUT2D eigenvalue weighted by Gasteiger charge is -2.21. The van der Waals surface area contributed by atoms with E-state index in [2.05, 4.69) is 10.3 Å². The average molecular weight is 396 g/mol. The van der Waals surface area contributed by atoms with Crippen molar-refractivity contribution in [3.8, 4) is 11.5 Å². The van der Waals surface area contributed by atoms with Crippen molar-refractivity contribution in [2.24, 2.45) is 14.1 Å². The number of aromatic nitrogens is 3. The highest BCUT2D eigenvalue weighted by Gasteiger charge is 2.23. The lowest BCUT2D eigenvalue weighted by molar-refractivity contribution is 0.0941. The van der Waals surface area contributed by atoms with Gasteiger partial charge in [0, 0.05) is 43.5 Å². The highest BCUT2D eigenvalue weighted by atomic mass is 16.5. The molecule has 2 aromatic heterocycles. The molecule has 0 saturated heterocycles. The topological polar surface area (TPSA) is 78.2 Å². The molecule has 1 aromatic carbocycles. The van der Waals surface area contributed by atoms with Crippen LogP contribution >= 0.6 is 0 Å². The molecule has 0 aliphatic rings. The minimum Gasteiger partial charge on any atom is -0.454 e. The number of pyridine rings is 1. The lowest BCUT2D eigenvalue weighted by Crippen LogP contribution is -2.31. The van der Waals surface area contributed by atoms with Crippen LogP contribution in [0.3, 0.4) is 0 Å². The van der Waals surface area contributed by atoms with E-state index in [0.29, 0.717) is 28.2 Å². The van der Waals surface area contributed by atoms with Crippen LogP contribution in [0.1, 0.15) is 46.5 Å². The van der Waals surface area contributed by atoms with Crippen LogP contribution in [0.4, 0.5) is 0 Å². The summed E-state index contributed by atoms with van der Waals surface area (Å²) < 4.78 is 9.35. The van der Waals surface area contributed by atoms with Gasteiger partial charge in [-0.2, -0.15) is 0 Å². The first-order valence-corrected chi connectivity index (χ1v) is 9.65. The molecule has 154 valence electrons. The number of aryl methyl sites for hydroxylation is 2. The fourth-order valence-corrected chi connectivity index (χ4v) is 3.73. The molecule has 0 atom stereocenters. The Hall–Kier alpha value is -3.09. The Morgan fingerprint density at radius 2 is 1.69 bits per heavy atom. The first-order chi connectivity index (χ1) is 13.6. The summed E-state index contributed by atoms with van der Waals surface area (Å²) in [4.78, 5) is 29.5. The van der Waals surface area contributed by atoms with Crippen LogP contribution in [-0.2, 0) is 14.1 Å². The van der Waals surface area contributed by atoms with E-state index in [1.807, 2.05) is 41.5 Å². The van der Waals surface area contributed by atoms with Crippen LogP contribution in [0.15, 0.2) is 17.1 Å². The monoisotopic (exact) mass is 396 g/mol. The predicted molar refractivity (Wildman–Crippen MR) is 114 cm³/mol. The Bertz CT molecular complexity index is 1190. The number of carbonyl (C=O) groups excluding carboxylic acids is 1. The molecule has 0 fully saturated rings. The number of ether oxygens (including phenoxy) is 1.